The van der Waals surface area contributed by atoms with Crippen molar-refractivity contribution in [2.45, 2.75) is 39.2 Å². The number of hydrogen-bond donors (Lipinski definition) is 1. The van der Waals surface area contributed by atoms with Gasteiger partial charge in [-0.05, 0) is 13.8 Å². The van der Waals surface area contributed by atoms with Gasteiger partial charge < -0.3 is 19.3 Å². The summed E-state index contributed by atoms with van der Waals surface area (Å²) in [6, 6.07) is 0. The molecule has 0 saturated heterocycles. The topological polar surface area (TPSA) is 116 Å². The highest BCUT2D eigenvalue weighted by Gasteiger charge is 2.44. The first-order valence-corrected chi connectivity index (χ1v) is 6.01. The Morgan fingerprint density at radius 1 is 0.950 bits per heavy atom. The Bertz CT molecular complexity index is 367. The molecule has 0 bridgehead atoms. The van der Waals surface area contributed by atoms with Gasteiger partial charge in [-0.15, -0.1) is 0 Å². The number of rotatable bonds is 7. The number of ether oxygens (including phenoxy) is 3. The average molecular weight is 290 g/mol. The highest BCUT2D eigenvalue weighted by molar-refractivity contribution is 5.95. The number of hydrogen-bond acceptors (Lipinski definition) is 8. The van der Waals surface area contributed by atoms with Gasteiger partial charge in [0.25, 0.3) is 0 Å². The third-order valence-corrected chi connectivity index (χ3v) is 2.10. The van der Waals surface area contributed by atoms with Crippen molar-refractivity contribution in [3.05, 3.63) is 0 Å². The van der Waals surface area contributed by atoms with Crippen molar-refractivity contribution in [2.24, 2.45) is 0 Å². The maximum Gasteiger partial charge on any atom is 0.346 e. The summed E-state index contributed by atoms with van der Waals surface area (Å²) in [5, 5.41) is 10.1. The van der Waals surface area contributed by atoms with Gasteiger partial charge in [-0.1, -0.05) is 0 Å². The van der Waals surface area contributed by atoms with E-state index < -0.39 is 42.3 Å². The molecule has 8 nitrogen and oxygen atoms in total. The van der Waals surface area contributed by atoms with Crippen LogP contribution in [0.3, 0.4) is 0 Å². The van der Waals surface area contributed by atoms with Crippen molar-refractivity contribution in [1.29, 1.82) is 0 Å². The van der Waals surface area contributed by atoms with Gasteiger partial charge >= 0.3 is 23.9 Å². The molecule has 0 rings (SSSR count). The van der Waals surface area contributed by atoms with Gasteiger partial charge in [-0.2, -0.15) is 0 Å². The molecular formula is C12H18O8. The minimum absolute atomic E-state index is 0.0378. The molecule has 0 aliphatic carbocycles. The Morgan fingerprint density at radius 2 is 1.35 bits per heavy atom. The van der Waals surface area contributed by atoms with Crippen LogP contribution in [-0.4, -0.2) is 47.8 Å². The molecule has 0 aliphatic rings. The summed E-state index contributed by atoms with van der Waals surface area (Å²) < 4.78 is 13.4. The van der Waals surface area contributed by atoms with Crippen molar-refractivity contribution in [1.82, 2.24) is 0 Å². The zero-order chi connectivity index (χ0) is 15.8. The smallest absolute Gasteiger partial charge is 0.346 e. The van der Waals surface area contributed by atoms with Crippen LogP contribution in [-0.2, 0) is 33.4 Å². The quantitative estimate of drug-likeness (QED) is 0.386. The summed E-state index contributed by atoms with van der Waals surface area (Å²) >= 11 is 0. The second-order valence-electron chi connectivity index (χ2n) is 3.88. The van der Waals surface area contributed by atoms with Crippen molar-refractivity contribution >= 4 is 23.9 Å². The van der Waals surface area contributed by atoms with Gasteiger partial charge in [-0.3, -0.25) is 14.4 Å². The molecular weight excluding hydrogens is 272 g/mol. The summed E-state index contributed by atoms with van der Waals surface area (Å²) in [4.78, 5) is 45.1. The zero-order valence-electron chi connectivity index (χ0n) is 11.6. The summed E-state index contributed by atoms with van der Waals surface area (Å²) in [5.41, 5.74) is -2.50. The summed E-state index contributed by atoms with van der Waals surface area (Å²) in [5.74, 6) is -4.17. The lowest BCUT2D eigenvalue weighted by molar-refractivity contribution is -0.181. The van der Waals surface area contributed by atoms with Gasteiger partial charge in [-0.25, -0.2) is 4.79 Å². The van der Waals surface area contributed by atoms with Crippen LogP contribution in [0.2, 0.25) is 0 Å². The molecule has 114 valence electrons. The van der Waals surface area contributed by atoms with Gasteiger partial charge in [0, 0.05) is 6.92 Å². The molecule has 0 aromatic heterocycles. The fourth-order valence-electron chi connectivity index (χ4n) is 1.33. The molecule has 0 amide bonds. The van der Waals surface area contributed by atoms with Gasteiger partial charge in [0.1, 0.15) is 0 Å². The van der Waals surface area contributed by atoms with Crippen molar-refractivity contribution < 1.29 is 38.5 Å². The normalized spacial score (nSPS) is 10.6. The molecule has 0 fully saturated rings. The number of carbonyl (C=O) groups is 4. The van der Waals surface area contributed by atoms with Crippen LogP contribution in [0, 0.1) is 0 Å². The molecule has 0 aromatic carbocycles. The van der Waals surface area contributed by atoms with Crippen molar-refractivity contribution in [3.63, 3.8) is 0 Å². The predicted octanol–water partition coefficient (Wildman–Crippen LogP) is -0.286. The van der Waals surface area contributed by atoms with E-state index in [-0.39, 0.29) is 13.2 Å². The molecule has 0 saturated carbocycles. The van der Waals surface area contributed by atoms with E-state index in [4.69, 9.17) is 0 Å². The molecule has 1 N–H and O–H groups in total. The lowest BCUT2D eigenvalue weighted by Gasteiger charge is -2.23. The third-order valence-electron chi connectivity index (χ3n) is 2.10. The van der Waals surface area contributed by atoms with Crippen LogP contribution in [0.4, 0.5) is 0 Å². The lowest BCUT2D eigenvalue weighted by Crippen LogP contribution is -2.45. The Labute approximate surface area is 116 Å². The highest BCUT2D eigenvalue weighted by atomic mass is 16.6. The summed E-state index contributed by atoms with van der Waals surface area (Å²) in [6.07, 6.45) is -1.63. The Kier molecular flexibility index (Phi) is 7.45. The first-order chi connectivity index (χ1) is 9.25. The second-order valence-corrected chi connectivity index (χ2v) is 3.88. The Morgan fingerprint density at radius 3 is 1.65 bits per heavy atom. The SMILES string of the molecule is CCOC(=O)CC(O)(CC(=O)OCC)C(=O)OC(C)=O. The standard InChI is InChI=1S/C12H18O8/c1-4-18-9(14)6-12(17,7-10(15)19-5-2)11(16)20-8(3)13/h17H,4-7H2,1-3H3. The van der Waals surface area contributed by atoms with Crippen LogP contribution in [0.15, 0.2) is 0 Å². The van der Waals surface area contributed by atoms with Crippen LogP contribution >= 0.6 is 0 Å². The van der Waals surface area contributed by atoms with Gasteiger partial charge in [0.2, 0.25) is 0 Å². The molecule has 0 unspecified atom stereocenters. The average Bonchev–Trinajstić information content (AvgIpc) is 2.27. The van der Waals surface area contributed by atoms with Crippen molar-refractivity contribution in [3.8, 4) is 0 Å². The molecule has 0 radical (unpaired) electrons. The number of esters is 4. The molecule has 0 spiro atoms. The molecule has 8 heteroatoms. The number of aliphatic hydroxyl groups is 1. The van der Waals surface area contributed by atoms with E-state index >= 15 is 0 Å². The zero-order valence-corrected chi connectivity index (χ0v) is 11.6. The first kappa shape index (κ1) is 18.0. The molecule has 20 heavy (non-hydrogen) atoms. The summed E-state index contributed by atoms with van der Waals surface area (Å²) in [7, 11) is 0. The fraction of sp³-hybridized carbons (Fsp3) is 0.667. The monoisotopic (exact) mass is 290 g/mol. The van der Waals surface area contributed by atoms with E-state index in [1.807, 2.05) is 0 Å². The largest absolute Gasteiger partial charge is 0.466 e. The molecule has 0 aromatic rings. The van der Waals surface area contributed by atoms with E-state index in [0.29, 0.717) is 0 Å². The van der Waals surface area contributed by atoms with E-state index in [1.54, 1.807) is 0 Å². The number of carbonyl (C=O) groups excluding carboxylic acids is 4. The van der Waals surface area contributed by atoms with E-state index in [2.05, 4.69) is 14.2 Å². The molecule has 0 atom stereocenters. The predicted molar refractivity (Wildman–Crippen MR) is 64.2 cm³/mol. The highest BCUT2D eigenvalue weighted by Crippen LogP contribution is 2.20. The third kappa shape index (κ3) is 6.28. The summed E-state index contributed by atoms with van der Waals surface area (Å²) in [6.45, 7) is 4.10. The van der Waals surface area contributed by atoms with Crippen LogP contribution in [0.1, 0.15) is 33.6 Å². The minimum Gasteiger partial charge on any atom is -0.466 e. The fourth-order valence-corrected chi connectivity index (χ4v) is 1.33. The molecule has 0 heterocycles. The van der Waals surface area contributed by atoms with Crippen LogP contribution in [0.5, 0.6) is 0 Å². The Hall–Kier alpha value is -1.96. The second kappa shape index (κ2) is 8.26. The van der Waals surface area contributed by atoms with E-state index in [1.165, 1.54) is 13.8 Å². The Balaban J connectivity index is 5.00. The minimum atomic E-state index is -2.50. The molecule has 0 aliphatic heterocycles. The first-order valence-electron chi connectivity index (χ1n) is 6.01. The van der Waals surface area contributed by atoms with Gasteiger partial charge in [0.15, 0.2) is 5.60 Å². The van der Waals surface area contributed by atoms with E-state index in [0.717, 1.165) is 6.92 Å². The maximum atomic E-state index is 11.6. The van der Waals surface area contributed by atoms with E-state index in [9.17, 15) is 24.3 Å². The van der Waals surface area contributed by atoms with Crippen molar-refractivity contribution in [2.75, 3.05) is 13.2 Å². The van der Waals surface area contributed by atoms with Crippen LogP contribution in [0.25, 0.3) is 0 Å². The van der Waals surface area contributed by atoms with Gasteiger partial charge in [0.05, 0.1) is 26.1 Å². The maximum absolute atomic E-state index is 11.6. The lowest BCUT2D eigenvalue weighted by atomic mass is 9.95. The van der Waals surface area contributed by atoms with Crippen LogP contribution < -0.4 is 0 Å².